The molecule has 0 bridgehead atoms. The van der Waals surface area contributed by atoms with Gasteiger partial charge >= 0.3 is 0 Å². The molecule has 1 unspecified atom stereocenters. The third-order valence-electron chi connectivity index (χ3n) is 5.99. The van der Waals surface area contributed by atoms with E-state index in [9.17, 15) is 9.59 Å². The van der Waals surface area contributed by atoms with E-state index in [0.717, 1.165) is 24.2 Å². The number of thioether (sulfide) groups is 1. The lowest BCUT2D eigenvalue weighted by Gasteiger charge is -2.26. The maximum absolute atomic E-state index is 12.9. The molecule has 3 aromatic rings. The maximum atomic E-state index is 12.9. The third-order valence-corrected chi connectivity index (χ3v) is 6.93. The van der Waals surface area contributed by atoms with Crippen molar-refractivity contribution in [3.63, 3.8) is 0 Å². The average molecular weight is 474 g/mol. The number of hydrogen-bond acceptors (Lipinski definition) is 4. The first-order valence-corrected chi connectivity index (χ1v) is 12.9. The van der Waals surface area contributed by atoms with Gasteiger partial charge in [0.1, 0.15) is 0 Å². The molecule has 2 N–H and O–H groups in total. The highest BCUT2D eigenvalue weighted by atomic mass is 32.2. The predicted octanol–water partition coefficient (Wildman–Crippen LogP) is 4.78. The molecule has 2 amide bonds. The highest BCUT2D eigenvalue weighted by Gasteiger charge is 2.19. The van der Waals surface area contributed by atoms with Crippen molar-refractivity contribution in [3.8, 4) is 0 Å². The minimum Gasteiger partial charge on any atom is -0.345 e. The number of benzene rings is 3. The maximum Gasteiger partial charge on any atom is 0.251 e. The molecule has 3 aromatic carbocycles. The lowest BCUT2D eigenvalue weighted by Crippen LogP contribution is -2.34. The van der Waals surface area contributed by atoms with Gasteiger partial charge in [-0.25, -0.2) is 0 Å². The first-order valence-electron chi connectivity index (χ1n) is 11.8. The van der Waals surface area contributed by atoms with Crippen LogP contribution in [0.5, 0.6) is 0 Å². The molecule has 1 aliphatic rings. The van der Waals surface area contributed by atoms with Crippen molar-refractivity contribution in [1.82, 2.24) is 10.2 Å². The van der Waals surface area contributed by atoms with Crippen molar-refractivity contribution in [2.24, 2.45) is 0 Å². The van der Waals surface area contributed by atoms with Crippen LogP contribution in [0.15, 0.2) is 84.9 Å². The number of anilines is 1. The summed E-state index contributed by atoms with van der Waals surface area (Å²) in [6.45, 7) is 3.41. The van der Waals surface area contributed by atoms with Crippen LogP contribution in [-0.2, 0) is 11.2 Å². The van der Waals surface area contributed by atoms with Crippen LogP contribution in [0.3, 0.4) is 0 Å². The molecule has 0 aromatic heterocycles. The number of hydrogen-bond donors (Lipinski definition) is 2. The lowest BCUT2D eigenvalue weighted by atomic mass is 10.0. The molecule has 5 nitrogen and oxygen atoms in total. The molecule has 6 heteroatoms. The second-order valence-corrected chi connectivity index (χ2v) is 9.68. The summed E-state index contributed by atoms with van der Waals surface area (Å²) in [6.07, 6.45) is 1.16. The normalized spacial score (nSPS) is 14.8. The van der Waals surface area contributed by atoms with Crippen molar-refractivity contribution >= 4 is 29.3 Å². The van der Waals surface area contributed by atoms with Crippen LogP contribution in [0.2, 0.25) is 0 Å². The van der Waals surface area contributed by atoms with Gasteiger partial charge in [-0.05, 0) is 41.8 Å². The van der Waals surface area contributed by atoms with Crippen molar-refractivity contribution in [1.29, 1.82) is 0 Å². The third kappa shape index (κ3) is 7.20. The van der Waals surface area contributed by atoms with Crippen molar-refractivity contribution in [3.05, 3.63) is 102 Å². The van der Waals surface area contributed by atoms with Gasteiger partial charge in [0.05, 0.1) is 12.5 Å². The highest BCUT2D eigenvalue weighted by molar-refractivity contribution is 7.99. The first-order chi connectivity index (χ1) is 16.7. The minimum atomic E-state index is -0.420. The van der Waals surface area contributed by atoms with Crippen LogP contribution < -0.4 is 10.6 Å². The summed E-state index contributed by atoms with van der Waals surface area (Å²) >= 11 is 2.03. The van der Waals surface area contributed by atoms with Gasteiger partial charge < -0.3 is 15.5 Å². The van der Waals surface area contributed by atoms with Gasteiger partial charge in [-0.3, -0.25) is 9.59 Å². The molecule has 1 aliphatic heterocycles. The SMILES string of the molecule is O=C(CC(NC(=O)c1ccccc1)c1ccccc1)Nc1ccc(CCN2CCSCC2)cc1. The van der Waals surface area contributed by atoms with E-state index in [1.165, 1.54) is 30.2 Å². The second-order valence-electron chi connectivity index (χ2n) is 8.46. The summed E-state index contributed by atoms with van der Waals surface area (Å²) in [4.78, 5) is 28.1. The zero-order valence-corrected chi connectivity index (χ0v) is 20.1. The second kappa shape index (κ2) is 12.4. The topological polar surface area (TPSA) is 61.4 Å². The zero-order valence-electron chi connectivity index (χ0n) is 19.3. The summed E-state index contributed by atoms with van der Waals surface area (Å²) in [6, 6.07) is 26.3. The molecular formula is C28H31N3O2S. The van der Waals surface area contributed by atoms with Crippen molar-refractivity contribution < 1.29 is 9.59 Å². The summed E-state index contributed by atoms with van der Waals surface area (Å²) in [5.41, 5.74) is 3.51. The fourth-order valence-electron chi connectivity index (χ4n) is 4.03. The Morgan fingerprint density at radius 1 is 0.853 bits per heavy atom. The molecule has 1 atom stereocenters. The predicted molar refractivity (Wildman–Crippen MR) is 140 cm³/mol. The van der Waals surface area contributed by atoms with E-state index >= 15 is 0 Å². The van der Waals surface area contributed by atoms with E-state index in [1.54, 1.807) is 12.1 Å². The van der Waals surface area contributed by atoms with Gasteiger partial charge in [-0.2, -0.15) is 11.8 Å². The fraction of sp³-hybridized carbons (Fsp3) is 0.286. The van der Waals surface area contributed by atoms with E-state index in [4.69, 9.17) is 0 Å². The van der Waals surface area contributed by atoms with Crippen molar-refractivity contribution in [2.45, 2.75) is 18.9 Å². The number of carbonyl (C=O) groups excluding carboxylic acids is 2. The van der Waals surface area contributed by atoms with E-state index in [2.05, 4.69) is 27.7 Å². The molecule has 1 fully saturated rings. The molecule has 4 rings (SSSR count). The number of nitrogens with zero attached hydrogens (tertiary/aromatic N) is 1. The molecule has 34 heavy (non-hydrogen) atoms. The molecule has 0 aliphatic carbocycles. The number of carbonyl (C=O) groups is 2. The largest absolute Gasteiger partial charge is 0.345 e. The number of rotatable bonds is 9. The molecule has 1 heterocycles. The smallest absolute Gasteiger partial charge is 0.251 e. The quantitative estimate of drug-likeness (QED) is 0.470. The van der Waals surface area contributed by atoms with Crippen LogP contribution in [0.4, 0.5) is 5.69 Å². The Bertz CT molecular complexity index is 1050. The monoisotopic (exact) mass is 473 g/mol. The Hall–Kier alpha value is -3.09. The average Bonchev–Trinajstić information content (AvgIpc) is 2.89. The Morgan fingerprint density at radius 2 is 1.50 bits per heavy atom. The Balaban J connectivity index is 1.34. The van der Waals surface area contributed by atoms with Gasteiger partial charge in [-0.1, -0.05) is 60.7 Å². The zero-order chi connectivity index (χ0) is 23.6. The Kier molecular flexibility index (Phi) is 8.77. The standard InChI is InChI=1S/C28H31N3O2S/c32-27(29-25-13-11-22(12-14-25)15-16-31-17-19-34-20-18-31)21-26(23-7-3-1-4-8-23)30-28(33)24-9-5-2-6-10-24/h1-14,26H,15-21H2,(H,29,32)(H,30,33). The number of amides is 2. The Labute approximate surface area is 205 Å². The van der Waals surface area contributed by atoms with Crippen LogP contribution in [-0.4, -0.2) is 47.9 Å². The van der Waals surface area contributed by atoms with E-state index in [-0.39, 0.29) is 18.2 Å². The lowest BCUT2D eigenvalue weighted by molar-refractivity contribution is -0.116. The van der Waals surface area contributed by atoms with Crippen molar-refractivity contribution in [2.75, 3.05) is 36.5 Å². The van der Waals surface area contributed by atoms with E-state index in [1.807, 2.05) is 72.4 Å². The van der Waals surface area contributed by atoms with Crippen LogP contribution in [0.1, 0.15) is 33.9 Å². The van der Waals surface area contributed by atoms with Crippen LogP contribution >= 0.6 is 11.8 Å². The fourth-order valence-corrected chi connectivity index (χ4v) is 5.01. The van der Waals surface area contributed by atoms with Gasteiger partial charge in [0.2, 0.25) is 5.91 Å². The van der Waals surface area contributed by atoms with Gasteiger partial charge in [-0.15, -0.1) is 0 Å². The summed E-state index contributed by atoms with van der Waals surface area (Å²) in [5.74, 6) is 2.11. The highest BCUT2D eigenvalue weighted by Crippen LogP contribution is 2.19. The Morgan fingerprint density at radius 3 is 2.18 bits per heavy atom. The molecular weight excluding hydrogens is 442 g/mol. The molecule has 1 saturated heterocycles. The van der Waals surface area contributed by atoms with Gasteiger partial charge in [0.25, 0.3) is 5.91 Å². The summed E-state index contributed by atoms with van der Waals surface area (Å²) < 4.78 is 0. The first kappa shape index (κ1) is 24.0. The molecule has 0 radical (unpaired) electrons. The number of nitrogens with one attached hydrogen (secondary N) is 2. The molecule has 0 saturated carbocycles. The summed E-state index contributed by atoms with van der Waals surface area (Å²) in [5, 5.41) is 6.00. The van der Waals surface area contributed by atoms with Gasteiger partial charge in [0, 0.05) is 42.4 Å². The molecule has 0 spiro atoms. The van der Waals surface area contributed by atoms with Crippen LogP contribution in [0.25, 0.3) is 0 Å². The van der Waals surface area contributed by atoms with Crippen LogP contribution in [0, 0.1) is 0 Å². The molecule has 176 valence electrons. The van der Waals surface area contributed by atoms with E-state index in [0.29, 0.717) is 5.56 Å². The van der Waals surface area contributed by atoms with E-state index < -0.39 is 6.04 Å². The minimum absolute atomic E-state index is 0.138. The van der Waals surface area contributed by atoms with Gasteiger partial charge in [0.15, 0.2) is 0 Å². The summed E-state index contributed by atoms with van der Waals surface area (Å²) in [7, 11) is 0.